The van der Waals surface area contributed by atoms with Crippen molar-refractivity contribution in [1.29, 1.82) is 0 Å². The van der Waals surface area contributed by atoms with Gasteiger partial charge in [-0.3, -0.25) is 9.48 Å². The molecular formula is C23H26N4O. The minimum absolute atomic E-state index is 0.00412. The Labute approximate surface area is 166 Å². The SMILES string of the molecule is O=C(NC(CN1CCCC1)c1ccccc1)c1ccc(Cn2cccn2)cc1. The first-order valence-corrected chi connectivity index (χ1v) is 9.92. The molecule has 1 aromatic heterocycles. The van der Waals surface area contributed by atoms with Crippen LogP contribution in [0.5, 0.6) is 0 Å². The summed E-state index contributed by atoms with van der Waals surface area (Å²) in [6.07, 6.45) is 6.19. The largest absolute Gasteiger partial charge is 0.344 e. The van der Waals surface area contributed by atoms with E-state index >= 15 is 0 Å². The summed E-state index contributed by atoms with van der Waals surface area (Å²) >= 11 is 0. The van der Waals surface area contributed by atoms with Crippen LogP contribution in [0.1, 0.15) is 40.4 Å². The van der Waals surface area contributed by atoms with E-state index in [0.717, 1.165) is 30.8 Å². The zero-order valence-corrected chi connectivity index (χ0v) is 16.0. The lowest BCUT2D eigenvalue weighted by atomic mass is 10.1. The van der Waals surface area contributed by atoms with Crippen molar-refractivity contribution in [3.05, 3.63) is 89.7 Å². The molecule has 5 nitrogen and oxygen atoms in total. The van der Waals surface area contributed by atoms with Crippen molar-refractivity contribution in [1.82, 2.24) is 20.0 Å². The van der Waals surface area contributed by atoms with Crippen LogP contribution in [0.4, 0.5) is 0 Å². The molecule has 4 rings (SSSR count). The lowest BCUT2D eigenvalue weighted by Crippen LogP contribution is -2.37. The van der Waals surface area contributed by atoms with Crippen molar-refractivity contribution >= 4 is 5.91 Å². The molecule has 5 heteroatoms. The van der Waals surface area contributed by atoms with Gasteiger partial charge in [-0.25, -0.2) is 0 Å². The van der Waals surface area contributed by atoms with Gasteiger partial charge in [0.15, 0.2) is 0 Å². The Morgan fingerprint density at radius 1 is 1.00 bits per heavy atom. The van der Waals surface area contributed by atoms with Crippen LogP contribution in [0.2, 0.25) is 0 Å². The Balaban J connectivity index is 1.44. The van der Waals surface area contributed by atoms with E-state index in [2.05, 4.69) is 27.4 Å². The molecule has 1 N–H and O–H groups in total. The highest BCUT2D eigenvalue weighted by Crippen LogP contribution is 2.18. The number of benzene rings is 2. The monoisotopic (exact) mass is 374 g/mol. The number of nitrogens with zero attached hydrogens (tertiary/aromatic N) is 3. The summed E-state index contributed by atoms with van der Waals surface area (Å²) in [5.41, 5.74) is 2.96. The number of carbonyl (C=O) groups excluding carboxylic acids is 1. The van der Waals surface area contributed by atoms with Crippen LogP contribution >= 0.6 is 0 Å². The third-order valence-electron chi connectivity index (χ3n) is 5.27. The molecular weight excluding hydrogens is 348 g/mol. The molecule has 3 aromatic rings. The molecule has 0 aliphatic carbocycles. The number of nitrogens with one attached hydrogen (secondary N) is 1. The number of amides is 1. The third-order valence-corrected chi connectivity index (χ3v) is 5.27. The second-order valence-corrected chi connectivity index (χ2v) is 7.35. The van der Waals surface area contributed by atoms with Gasteiger partial charge < -0.3 is 10.2 Å². The molecule has 0 saturated carbocycles. The predicted octanol–water partition coefficient (Wildman–Crippen LogP) is 3.50. The quantitative estimate of drug-likeness (QED) is 0.689. The summed E-state index contributed by atoms with van der Waals surface area (Å²) < 4.78 is 1.87. The third kappa shape index (κ3) is 4.67. The van der Waals surface area contributed by atoms with Crippen LogP contribution in [0.3, 0.4) is 0 Å². The molecule has 1 unspecified atom stereocenters. The highest BCUT2D eigenvalue weighted by molar-refractivity contribution is 5.94. The maximum Gasteiger partial charge on any atom is 0.251 e. The first kappa shape index (κ1) is 18.4. The molecule has 1 amide bonds. The minimum atomic E-state index is -0.0290. The van der Waals surface area contributed by atoms with Crippen molar-refractivity contribution in [2.45, 2.75) is 25.4 Å². The van der Waals surface area contributed by atoms with Crippen molar-refractivity contribution in [2.75, 3.05) is 19.6 Å². The van der Waals surface area contributed by atoms with Crippen molar-refractivity contribution in [2.24, 2.45) is 0 Å². The van der Waals surface area contributed by atoms with Gasteiger partial charge >= 0.3 is 0 Å². The van der Waals surface area contributed by atoms with E-state index in [1.807, 2.05) is 59.4 Å². The summed E-state index contributed by atoms with van der Waals surface area (Å²) in [6.45, 7) is 3.78. The lowest BCUT2D eigenvalue weighted by molar-refractivity contribution is 0.0927. The molecule has 28 heavy (non-hydrogen) atoms. The standard InChI is InChI=1S/C23H26N4O/c28-23(21-11-9-19(10-12-21)17-27-16-6-13-24-27)25-22(18-26-14-4-5-15-26)20-7-2-1-3-8-20/h1-3,6-13,16,22H,4-5,14-15,17-18H2,(H,25,28). The average Bonchev–Trinajstić information content (AvgIpc) is 3.43. The Hall–Kier alpha value is -2.92. The molecule has 144 valence electrons. The molecule has 2 aromatic carbocycles. The number of likely N-dealkylation sites (tertiary alicyclic amines) is 1. The Bertz CT molecular complexity index is 869. The number of aromatic nitrogens is 2. The first-order valence-electron chi connectivity index (χ1n) is 9.92. The topological polar surface area (TPSA) is 50.2 Å². The Kier molecular flexibility index (Phi) is 5.83. The van der Waals surface area contributed by atoms with E-state index in [4.69, 9.17) is 0 Å². The highest BCUT2D eigenvalue weighted by atomic mass is 16.1. The van der Waals surface area contributed by atoms with Crippen LogP contribution in [-0.4, -0.2) is 40.2 Å². The fourth-order valence-electron chi connectivity index (χ4n) is 3.73. The summed E-state index contributed by atoms with van der Waals surface area (Å²) in [7, 11) is 0. The molecule has 0 spiro atoms. The molecule has 1 aliphatic heterocycles. The molecule has 1 fully saturated rings. The lowest BCUT2D eigenvalue weighted by Gasteiger charge is -2.25. The molecule has 0 radical (unpaired) electrons. The number of rotatable bonds is 7. The van der Waals surface area contributed by atoms with Crippen molar-refractivity contribution in [3.8, 4) is 0 Å². The van der Waals surface area contributed by atoms with Crippen LogP contribution < -0.4 is 5.32 Å². The Morgan fingerprint density at radius 2 is 1.75 bits per heavy atom. The molecule has 1 saturated heterocycles. The van der Waals surface area contributed by atoms with Crippen molar-refractivity contribution < 1.29 is 4.79 Å². The van der Waals surface area contributed by atoms with Gasteiger partial charge in [0.25, 0.3) is 5.91 Å². The predicted molar refractivity (Wildman–Crippen MR) is 110 cm³/mol. The summed E-state index contributed by atoms with van der Waals surface area (Å²) in [4.78, 5) is 15.3. The van der Waals surface area contributed by atoms with Crippen LogP contribution in [0, 0.1) is 0 Å². The van der Waals surface area contributed by atoms with Gasteiger partial charge in [-0.15, -0.1) is 0 Å². The summed E-state index contributed by atoms with van der Waals surface area (Å²) in [6, 6.07) is 19.9. The van der Waals surface area contributed by atoms with Gasteiger partial charge in [-0.05, 0) is 55.3 Å². The van der Waals surface area contributed by atoms with Gasteiger partial charge in [0.2, 0.25) is 0 Å². The van der Waals surface area contributed by atoms with Gasteiger partial charge in [0, 0.05) is 24.5 Å². The van der Waals surface area contributed by atoms with Gasteiger partial charge in [-0.2, -0.15) is 5.10 Å². The summed E-state index contributed by atoms with van der Waals surface area (Å²) in [5.74, 6) is -0.0290. The second-order valence-electron chi connectivity index (χ2n) is 7.35. The van der Waals surface area contributed by atoms with E-state index in [9.17, 15) is 4.79 Å². The zero-order chi connectivity index (χ0) is 19.2. The molecule has 0 bridgehead atoms. The fourth-order valence-corrected chi connectivity index (χ4v) is 3.73. The van der Waals surface area contributed by atoms with Crippen LogP contribution in [0.15, 0.2) is 73.1 Å². The maximum atomic E-state index is 12.9. The van der Waals surface area contributed by atoms with E-state index in [1.165, 1.54) is 12.8 Å². The molecule has 2 heterocycles. The number of carbonyl (C=O) groups is 1. The van der Waals surface area contributed by atoms with Gasteiger partial charge in [0.1, 0.15) is 0 Å². The van der Waals surface area contributed by atoms with E-state index in [-0.39, 0.29) is 11.9 Å². The highest BCUT2D eigenvalue weighted by Gasteiger charge is 2.21. The second kappa shape index (κ2) is 8.85. The van der Waals surface area contributed by atoms with Gasteiger partial charge in [0.05, 0.1) is 12.6 Å². The summed E-state index contributed by atoms with van der Waals surface area (Å²) in [5, 5.41) is 7.47. The van der Waals surface area contributed by atoms with E-state index in [0.29, 0.717) is 12.1 Å². The maximum absolute atomic E-state index is 12.9. The minimum Gasteiger partial charge on any atom is -0.344 e. The number of hydrogen-bond acceptors (Lipinski definition) is 3. The average molecular weight is 374 g/mol. The van der Waals surface area contributed by atoms with Gasteiger partial charge in [-0.1, -0.05) is 42.5 Å². The van der Waals surface area contributed by atoms with E-state index in [1.54, 1.807) is 6.20 Å². The fraction of sp³-hybridized carbons (Fsp3) is 0.304. The van der Waals surface area contributed by atoms with Crippen LogP contribution in [-0.2, 0) is 6.54 Å². The normalized spacial score (nSPS) is 15.4. The smallest absolute Gasteiger partial charge is 0.251 e. The molecule has 1 aliphatic rings. The number of hydrogen-bond donors (Lipinski definition) is 1. The Morgan fingerprint density at radius 3 is 2.43 bits per heavy atom. The zero-order valence-electron chi connectivity index (χ0n) is 16.0. The van der Waals surface area contributed by atoms with Crippen molar-refractivity contribution in [3.63, 3.8) is 0 Å². The first-order chi connectivity index (χ1) is 13.8. The molecule has 1 atom stereocenters. The van der Waals surface area contributed by atoms with Crippen LogP contribution in [0.25, 0.3) is 0 Å². The van der Waals surface area contributed by atoms with E-state index < -0.39 is 0 Å².